The van der Waals surface area contributed by atoms with E-state index in [0.29, 0.717) is 10.0 Å². The van der Waals surface area contributed by atoms with Crippen molar-refractivity contribution in [2.45, 2.75) is 13.1 Å². The van der Waals surface area contributed by atoms with E-state index in [1.54, 1.807) is 0 Å². The number of rotatable bonds is 2. The van der Waals surface area contributed by atoms with Crippen molar-refractivity contribution in [2.24, 2.45) is 0 Å². The van der Waals surface area contributed by atoms with E-state index in [0.717, 1.165) is 6.07 Å². The zero-order valence-electron chi connectivity index (χ0n) is 7.27. The van der Waals surface area contributed by atoms with Gasteiger partial charge in [-0.2, -0.15) is 0 Å². The molecule has 0 saturated carbocycles. The second kappa shape index (κ2) is 4.05. The van der Waals surface area contributed by atoms with Gasteiger partial charge in [-0.3, -0.25) is 0 Å². The summed E-state index contributed by atoms with van der Waals surface area (Å²) >= 11 is 3.09. The van der Waals surface area contributed by atoms with Crippen molar-refractivity contribution in [3.8, 4) is 5.75 Å². The highest BCUT2D eigenvalue weighted by Gasteiger charge is 2.12. The molecule has 0 aliphatic rings. The van der Waals surface area contributed by atoms with Crippen LogP contribution in [0, 0.1) is 5.82 Å². The van der Waals surface area contributed by atoms with Crippen LogP contribution >= 0.6 is 15.9 Å². The first-order valence-corrected chi connectivity index (χ1v) is 4.52. The third-order valence-corrected chi connectivity index (χ3v) is 2.27. The van der Waals surface area contributed by atoms with Crippen LogP contribution in [0.4, 0.5) is 8.78 Å². The Balaban J connectivity index is 3.20. The summed E-state index contributed by atoms with van der Waals surface area (Å²) in [4.78, 5) is 0. The fourth-order valence-electron chi connectivity index (χ4n) is 1.00. The molecule has 4 heteroatoms. The van der Waals surface area contributed by atoms with Gasteiger partial charge in [0.1, 0.15) is 6.17 Å². The lowest BCUT2D eigenvalue weighted by molar-refractivity contribution is 0.364. The van der Waals surface area contributed by atoms with Crippen LogP contribution in [0.1, 0.15) is 18.7 Å². The lowest BCUT2D eigenvalue weighted by Crippen LogP contribution is -1.93. The van der Waals surface area contributed by atoms with Gasteiger partial charge in [-0.05, 0) is 40.5 Å². The molecule has 0 radical (unpaired) electrons. The van der Waals surface area contributed by atoms with Crippen LogP contribution in [0.3, 0.4) is 0 Å². The smallest absolute Gasteiger partial charge is 0.168 e. The first-order valence-electron chi connectivity index (χ1n) is 3.73. The SMILES string of the molecule is COc1c(F)cc(C(C)F)cc1Br. The Labute approximate surface area is 83.8 Å². The van der Waals surface area contributed by atoms with E-state index in [1.807, 2.05) is 0 Å². The molecule has 0 aliphatic carbocycles. The Morgan fingerprint density at radius 1 is 1.46 bits per heavy atom. The highest BCUT2D eigenvalue weighted by molar-refractivity contribution is 9.10. The molecule has 0 aromatic heterocycles. The van der Waals surface area contributed by atoms with Crippen LogP contribution in [0.2, 0.25) is 0 Å². The molecule has 0 aliphatic heterocycles. The molecular formula is C9H9BrF2O. The molecule has 0 spiro atoms. The van der Waals surface area contributed by atoms with Crippen molar-refractivity contribution in [1.82, 2.24) is 0 Å². The average molecular weight is 251 g/mol. The molecule has 1 unspecified atom stereocenters. The van der Waals surface area contributed by atoms with E-state index in [9.17, 15) is 8.78 Å². The molecule has 1 aromatic carbocycles. The molecule has 1 aromatic rings. The summed E-state index contributed by atoms with van der Waals surface area (Å²) in [6.07, 6.45) is -1.18. The van der Waals surface area contributed by atoms with Gasteiger partial charge in [0.05, 0.1) is 11.6 Å². The number of methoxy groups -OCH3 is 1. The van der Waals surface area contributed by atoms with Gasteiger partial charge in [-0.15, -0.1) is 0 Å². The van der Waals surface area contributed by atoms with Crippen molar-refractivity contribution in [2.75, 3.05) is 7.11 Å². The predicted molar refractivity (Wildman–Crippen MR) is 50.2 cm³/mol. The summed E-state index contributed by atoms with van der Waals surface area (Å²) in [5.74, 6) is -0.458. The van der Waals surface area contributed by atoms with Crippen molar-refractivity contribution in [3.63, 3.8) is 0 Å². The summed E-state index contributed by atoms with van der Waals surface area (Å²) in [6.45, 7) is 1.35. The Bertz CT molecular complexity index is 289. The molecule has 1 atom stereocenters. The van der Waals surface area contributed by atoms with E-state index < -0.39 is 12.0 Å². The molecule has 13 heavy (non-hydrogen) atoms. The van der Waals surface area contributed by atoms with Gasteiger partial charge >= 0.3 is 0 Å². The lowest BCUT2D eigenvalue weighted by atomic mass is 10.1. The first kappa shape index (κ1) is 10.4. The van der Waals surface area contributed by atoms with Crippen LogP contribution in [0.15, 0.2) is 16.6 Å². The Morgan fingerprint density at radius 2 is 2.08 bits per heavy atom. The van der Waals surface area contributed by atoms with E-state index in [2.05, 4.69) is 15.9 Å². The minimum atomic E-state index is -1.18. The summed E-state index contributed by atoms with van der Waals surface area (Å²) in [5.41, 5.74) is 0.296. The first-order chi connectivity index (χ1) is 6.06. The van der Waals surface area contributed by atoms with Crippen molar-refractivity contribution in [1.29, 1.82) is 0 Å². The van der Waals surface area contributed by atoms with Crippen molar-refractivity contribution >= 4 is 15.9 Å². The maximum atomic E-state index is 13.1. The van der Waals surface area contributed by atoms with E-state index in [-0.39, 0.29) is 5.75 Å². The average Bonchev–Trinajstić information content (AvgIpc) is 2.03. The van der Waals surface area contributed by atoms with Crippen molar-refractivity contribution in [3.05, 3.63) is 28.0 Å². The van der Waals surface area contributed by atoms with E-state index >= 15 is 0 Å². The minimum absolute atomic E-state index is 0.101. The van der Waals surface area contributed by atoms with E-state index in [1.165, 1.54) is 20.1 Å². The van der Waals surface area contributed by atoms with Gasteiger partial charge in [0.2, 0.25) is 0 Å². The number of benzene rings is 1. The Hall–Kier alpha value is -0.640. The molecule has 72 valence electrons. The van der Waals surface area contributed by atoms with Gasteiger partial charge in [-0.25, -0.2) is 8.78 Å². The molecule has 0 heterocycles. The van der Waals surface area contributed by atoms with Crippen molar-refractivity contribution < 1.29 is 13.5 Å². The molecule has 0 fully saturated rings. The number of hydrogen-bond acceptors (Lipinski definition) is 1. The molecule has 1 nitrogen and oxygen atoms in total. The number of halogens is 3. The maximum Gasteiger partial charge on any atom is 0.168 e. The zero-order valence-corrected chi connectivity index (χ0v) is 8.86. The molecule has 0 saturated heterocycles. The summed E-state index contributed by atoms with van der Waals surface area (Å²) in [5, 5.41) is 0. The number of ether oxygens (including phenoxy) is 1. The third kappa shape index (κ3) is 2.18. The molecule has 0 amide bonds. The summed E-state index contributed by atoms with van der Waals surface area (Å²) < 4.78 is 31.1. The Kier molecular flexibility index (Phi) is 3.25. The normalized spacial score (nSPS) is 12.7. The topological polar surface area (TPSA) is 9.23 Å². The van der Waals surface area contributed by atoms with Gasteiger partial charge in [0, 0.05) is 0 Å². The standard InChI is InChI=1S/C9H9BrF2O/c1-5(11)6-3-7(10)9(13-2)8(12)4-6/h3-5H,1-2H3. The summed E-state index contributed by atoms with van der Waals surface area (Å²) in [6, 6.07) is 2.64. The van der Waals surface area contributed by atoms with Crippen LogP contribution < -0.4 is 4.74 Å². The van der Waals surface area contributed by atoms with Crippen LogP contribution in [0.5, 0.6) is 5.75 Å². The van der Waals surface area contributed by atoms with Crippen LogP contribution in [-0.2, 0) is 0 Å². The number of hydrogen-bond donors (Lipinski definition) is 0. The molecule has 1 rings (SSSR count). The molecule has 0 N–H and O–H groups in total. The predicted octanol–water partition coefficient (Wildman–Crippen LogP) is 3.63. The molecular weight excluding hydrogens is 242 g/mol. The summed E-state index contributed by atoms with van der Waals surface area (Å²) in [7, 11) is 1.36. The quantitative estimate of drug-likeness (QED) is 0.779. The lowest BCUT2D eigenvalue weighted by Gasteiger charge is -2.08. The highest BCUT2D eigenvalue weighted by atomic mass is 79.9. The van der Waals surface area contributed by atoms with Gasteiger partial charge < -0.3 is 4.74 Å². The second-order valence-corrected chi connectivity index (χ2v) is 3.49. The maximum absolute atomic E-state index is 13.1. The zero-order chi connectivity index (χ0) is 10.0. The monoisotopic (exact) mass is 250 g/mol. The van der Waals surface area contributed by atoms with Crippen LogP contribution in [-0.4, -0.2) is 7.11 Å². The fourth-order valence-corrected chi connectivity index (χ4v) is 1.62. The van der Waals surface area contributed by atoms with Gasteiger partial charge in [0.25, 0.3) is 0 Å². The second-order valence-electron chi connectivity index (χ2n) is 2.63. The Morgan fingerprint density at radius 3 is 2.46 bits per heavy atom. The highest BCUT2D eigenvalue weighted by Crippen LogP contribution is 2.32. The van der Waals surface area contributed by atoms with Gasteiger partial charge in [-0.1, -0.05) is 0 Å². The minimum Gasteiger partial charge on any atom is -0.492 e. The van der Waals surface area contributed by atoms with E-state index in [4.69, 9.17) is 4.74 Å². The third-order valence-electron chi connectivity index (χ3n) is 1.68. The fraction of sp³-hybridized carbons (Fsp3) is 0.333. The van der Waals surface area contributed by atoms with Gasteiger partial charge in [0.15, 0.2) is 11.6 Å². The van der Waals surface area contributed by atoms with Crippen LogP contribution in [0.25, 0.3) is 0 Å². The molecule has 0 bridgehead atoms. The number of alkyl halides is 1. The largest absolute Gasteiger partial charge is 0.492 e.